The Labute approximate surface area is 128 Å². The predicted octanol–water partition coefficient (Wildman–Crippen LogP) is 1.24. The summed E-state index contributed by atoms with van der Waals surface area (Å²) in [6.07, 6.45) is 1.47. The second-order valence-corrected chi connectivity index (χ2v) is 7.07. The molecule has 0 bridgehead atoms. The number of ether oxygens (including phenoxy) is 1. The lowest BCUT2D eigenvalue weighted by Crippen LogP contribution is -2.40. The van der Waals surface area contributed by atoms with Gasteiger partial charge in [-0.1, -0.05) is 11.6 Å². The number of sulfonamides is 1. The Balaban J connectivity index is 2.52. The molecule has 21 heavy (non-hydrogen) atoms. The van der Waals surface area contributed by atoms with Gasteiger partial charge in [-0.2, -0.15) is 4.31 Å². The van der Waals surface area contributed by atoms with Gasteiger partial charge in [-0.25, -0.2) is 13.2 Å². The average Bonchev–Trinajstić information content (AvgIpc) is 2.95. The van der Waals surface area contributed by atoms with Gasteiger partial charge in [0.15, 0.2) is 0 Å². The van der Waals surface area contributed by atoms with Crippen LogP contribution in [0.4, 0.5) is 0 Å². The van der Waals surface area contributed by atoms with Crippen LogP contribution in [0.1, 0.15) is 23.2 Å². The van der Waals surface area contributed by atoms with Gasteiger partial charge in [-0.15, -0.1) is 0 Å². The third-order valence-electron chi connectivity index (χ3n) is 3.53. The van der Waals surface area contributed by atoms with E-state index in [1.807, 2.05) is 0 Å². The lowest BCUT2D eigenvalue weighted by Gasteiger charge is -2.23. The molecule has 1 atom stereocenters. The fourth-order valence-electron chi connectivity index (χ4n) is 2.48. The van der Waals surface area contributed by atoms with Gasteiger partial charge < -0.3 is 10.5 Å². The molecule has 2 rings (SSSR count). The van der Waals surface area contributed by atoms with Crippen LogP contribution in [0.5, 0.6) is 0 Å². The lowest BCUT2D eigenvalue weighted by molar-refractivity contribution is 0.0596. The number of nitrogens with zero attached hydrogens (tertiary/aromatic N) is 1. The Morgan fingerprint density at radius 1 is 1.52 bits per heavy atom. The molecule has 0 radical (unpaired) electrons. The molecule has 0 amide bonds. The van der Waals surface area contributed by atoms with E-state index in [4.69, 9.17) is 17.3 Å². The van der Waals surface area contributed by atoms with Crippen molar-refractivity contribution in [2.75, 3.05) is 20.2 Å². The summed E-state index contributed by atoms with van der Waals surface area (Å²) in [6, 6.07) is 3.83. The Hall–Kier alpha value is -1.15. The van der Waals surface area contributed by atoms with Crippen molar-refractivity contribution in [3.8, 4) is 0 Å². The Kier molecular flexibility index (Phi) is 4.88. The maximum atomic E-state index is 12.8. The Bertz CT molecular complexity index is 648. The molecule has 1 saturated heterocycles. The minimum absolute atomic E-state index is 0.0623. The molecule has 116 valence electrons. The molecule has 1 aromatic rings. The Morgan fingerprint density at radius 3 is 2.86 bits per heavy atom. The van der Waals surface area contributed by atoms with E-state index in [1.54, 1.807) is 0 Å². The number of nitrogens with two attached hydrogens (primary N) is 1. The molecule has 1 aliphatic rings. The number of benzene rings is 1. The van der Waals surface area contributed by atoms with Crippen molar-refractivity contribution in [3.05, 3.63) is 28.8 Å². The van der Waals surface area contributed by atoms with Crippen molar-refractivity contribution in [2.24, 2.45) is 5.73 Å². The van der Waals surface area contributed by atoms with Crippen LogP contribution in [0.2, 0.25) is 5.02 Å². The minimum atomic E-state index is -3.81. The molecular weight excluding hydrogens is 316 g/mol. The zero-order chi connectivity index (χ0) is 15.6. The van der Waals surface area contributed by atoms with E-state index in [-0.39, 0.29) is 28.1 Å². The highest BCUT2D eigenvalue weighted by Gasteiger charge is 2.36. The third-order valence-corrected chi connectivity index (χ3v) is 5.77. The molecule has 1 aliphatic heterocycles. The zero-order valence-electron chi connectivity index (χ0n) is 11.6. The van der Waals surface area contributed by atoms with E-state index >= 15 is 0 Å². The fraction of sp³-hybridized carbons (Fsp3) is 0.462. The molecule has 0 aliphatic carbocycles. The molecule has 6 nitrogen and oxygen atoms in total. The minimum Gasteiger partial charge on any atom is -0.465 e. The van der Waals surface area contributed by atoms with Crippen LogP contribution in [0.3, 0.4) is 0 Å². The van der Waals surface area contributed by atoms with Gasteiger partial charge in [0.25, 0.3) is 0 Å². The largest absolute Gasteiger partial charge is 0.465 e. The van der Waals surface area contributed by atoms with Crippen molar-refractivity contribution in [1.82, 2.24) is 4.31 Å². The normalized spacial score (nSPS) is 19.7. The van der Waals surface area contributed by atoms with Gasteiger partial charge in [-0.05, 0) is 31.0 Å². The standard InChI is InChI=1S/C13H17ClN2O4S/c1-20-13(17)11-7-9(14)4-5-12(11)21(18,19)16-6-2-3-10(16)8-15/h4-5,7,10H,2-3,6,8,15H2,1H3. The van der Waals surface area contributed by atoms with Gasteiger partial charge in [-0.3, -0.25) is 0 Å². The van der Waals surface area contributed by atoms with Crippen molar-refractivity contribution in [2.45, 2.75) is 23.8 Å². The van der Waals surface area contributed by atoms with E-state index in [1.165, 1.54) is 29.6 Å². The highest BCUT2D eigenvalue weighted by atomic mass is 35.5. The Morgan fingerprint density at radius 2 is 2.24 bits per heavy atom. The quantitative estimate of drug-likeness (QED) is 0.838. The van der Waals surface area contributed by atoms with Crippen molar-refractivity contribution in [1.29, 1.82) is 0 Å². The van der Waals surface area contributed by atoms with E-state index in [0.717, 1.165) is 12.8 Å². The summed E-state index contributed by atoms with van der Waals surface area (Å²) in [5.41, 5.74) is 5.57. The predicted molar refractivity (Wildman–Crippen MR) is 78.8 cm³/mol. The highest BCUT2D eigenvalue weighted by molar-refractivity contribution is 7.89. The summed E-state index contributed by atoms with van der Waals surface area (Å²) in [5, 5.41) is 0.270. The first kappa shape index (κ1) is 16.2. The average molecular weight is 333 g/mol. The van der Waals surface area contributed by atoms with Crippen LogP contribution in [-0.4, -0.2) is 44.9 Å². The van der Waals surface area contributed by atoms with Crippen molar-refractivity contribution in [3.63, 3.8) is 0 Å². The number of carbonyl (C=O) groups is 1. The second-order valence-electron chi connectivity index (χ2n) is 4.78. The number of carbonyl (C=O) groups excluding carboxylic acids is 1. The van der Waals surface area contributed by atoms with Crippen LogP contribution in [0, 0.1) is 0 Å². The summed E-state index contributed by atoms with van der Waals surface area (Å²) >= 11 is 5.85. The number of methoxy groups -OCH3 is 1. The van der Waals surface area contributed by atoms with Gasteiger partial charge in [0.05, 0.1) is 17.6 Å². The molecule has 1 unspecified atom stereocenters. The summed E-state index contributed by atoms with van der Waals surface area (Å²) in [6.45, 7) is 0.647. The van der Waals surface area contributed by atoms with Crippen molar-refractivity contribution >= 4 is 27.6 Å². The van der Waals surface area contributed by atoms with E-state index in [0.29, 0.717) is 6.54 Å². The number of hydrogen-bond acceptors (Lipinski definition) is 5. The summed E-state index contributed by atoms with van der Waals surface area (Å²) in [7, 11) is -2.62. The molecule has 1 fully saturated rings. The topological polar surface area (TPSA) is 89.7 Å². The zero-order valence-corrected chi connectivity index (χ0v) is 13.2. The van der Waals surface area contributed by atoms with Crippen LogP contribution in [0.25, 0.3) is 0 Å². The molecule has 1 heterocycles. The second kappa shape index (κ2) is 6.31. The molecule has 0 aromatic heterocycles. The van der Waals surface area contributed by atoms with E-state index < -0.39 is 16.0 Å². The molecular formula is C13H17ClN2O4S. The van der Waals surface area contributed by atoms with Gasteiger partial charge in [0.1, 0.15) is 0 Å². The molecule has 2 N–H and O–H groups in total. The van der Waals surface area contributed by atoms with Gasteiger partial charge in [0, 0.05) is 24.2 Å². The van der Waals surface area contributed by atoms with Crippen LogP contribution >= 0.6 is 11.6 Å². The number of hydrogen-bond donors (Lipinski definition) is 1. The summed E-state index contributed by atoms with van der Waals surface area (Å²) in [4.78, 5) is 11.7. The van der Waals surface area contributed by atoms with Crippen LogP contribution in [0.15, 0.2) is 23.1 Å². The summed E-state index contributed by atoms with van der Waals surface area (Å²) in [5.74, 6) is -0.737. The van der Waals surface area contributed by atoms with Gasteiger partial charge in [0.2, 0.25) is 10.0 Å². The molecule has 0 saturated carbocycles. The first-order chi connectivity index (χ1) is 9.91. The van der Waals surface area contributed by atoms with E-state index in [2.05, 4.69) is 4.74 Å². The first-order valence-corrected chi connectivity index (χ1v) is 8.33. The monoisotopic (exact) mass is 332 g/mol. The van der Waals surface area contributed by atoms with Gasteiger partial charge >= 0.3 is 5.97 Å². The highest BCUT2D eigenvalue weighted by Crippen LogP contribution is 2.29. The lowest BCUT2D eigenvalue weighted by atomic mass is 10.2. The maximum absolute atomic E-state index is 12.8. The first-order valence-electron chi connectivity index (χ1n) is 6.51. The number of esters is 1. The molecule has 0 spiro atoms. The SMILES string of the molecule is COC(=O)c1cc(Cl)ccc1S(=O)(=O)N1CCCC1CN. The molecule has 1 aromatic carbocycles. The van der Waals surface area contributed by atoms with Crippen molar-refractivity contribution < 1.29 is 17.9 Å². The number of rotatable bonds is 4. The third kappa shape index (κ3) is 3.06. The fourth-order valence-corrected chi connectivity index (χ4v) is 4.52. The molecule has 8 heteroatoms. The summed E-state index contributed by atoms with van der Waals surface area (Å²) < 4.78 is 31.5. The van der Waals surface area contributed by atoms with E-state index in [9.17, 15) is 13.2 Å². The number of halogens is 1. The smallest absolute Gasteiger partial charge is 0.339 e. The maximum Gasteiger partial charge on any atom is 0.339 e. The van der Waals surface area contributed by atoms with Crippen LogP contribution < -0.4 is 5.73 Å². The van der Waals surface area contributed by atoms with Crippen LogP contribution in [-0.2, 0) is 14.8 Å².